The van der Waals surface area contributed by atoms with Gasteiger partial charge >= 0.3 is 0 Å². The summed E-state index contributed by atoms with van der Waals surface area (Å²) < 4.78 is 38.1. The van der Waals surface area contributed by atoms with E-state index in [0.29, 0.717) is 5.69 Å². The number of hydrogen-bond donors (Lipinski definition) is 1. The summed E-state index contributed by atoms with van der Waals surface area (Å²) in [6.07, 6.45) is 4.57. The maximum Gasteiger partial charge on any atom is 0.239 e. The summed E-state index contributed by atoms with van der Waals surface area (Å²) in [5, 5.41) is 2.44. The Hall–Kier alpha value is -1.18. The highest BCUT2D eigenvalue weighted by Crippen LogP contribution is 2.25. The number of carbonyl (C=O) groups excluding carboxylic acids is 1. The summed E-state index contributed by atoms with van der Waals surface area (Å²) in [5.74, 6) is -1.05. The van der Waals surface area contributed by atoms with Crippen molar-refractivity contribution in [3.8, 4) is 0 Å². The molecule has 122 valence electrons. The second kappa shape index (κ2) is 6.93. The number of anilines is 1. The van der Waals surface area contributed by atoms with Gasteiger partial charge in [0.25, 0.3) is 0 Å². The lowest BCUT2D eigenvalue weighted by atomic mass is 10.2. The minimum atomic E-state index is -3.46. The van der Waals surface area contributed by atoms with Gasteiger partial charge in [-0.3, -0.25) is 4.79 Å². The average Bonchev–Trinajstić information content (AvgIpc) is 2.92. The van der Waals surface area contributed by atoms with Crippen LogP contribution in [0.25, 0.3) is 0 Å². The molecule has 1 aromatic carbocycles. The van der Waals surface area contributed by atoms with Crippen molar-refractivity contribution >= 4 is 33.2 Å². The number of carbonyl (C=O) groups is 1. The first kappa shape index (κ1) is 17.2. The van der Waals surface area contributed by atoms with E-state index in [4.69, 9.17) is 11.6 Å². The molecule has 0 spiro atoms. The Morgan fingerprint density at radius 2 is 2.05 bits per heavy atom. The number of nitrogens with zero attached hydrogens (tertiary/aromatic N) is 1. The van der Waals surface area contributed by atoms with E-state index in [0.717, 1.165) is 38.0 Å². The Morgan fingerprint density at radius 3 is 2.59 bits per heavy atom. The number of hydrogen-bond acceptors (Lipinski definition) is 3. The first-order valence-corrected chi connectivity index (χ1v) is 9.22. The van der Waals surface area contributed by atoms with Gasteiger partial charge < -0.3 is 5.32 Å². The normalized spacial score (nSPS) is 16.2. The van der Waals surface area contributed by atoms with Crippen molar-refractivity contribution in [2.24, 2.45) is 0 Å². The third-order valence-electron chi connectivity index (χ3n) is 3.66. The molecule has 0 saturated heterocycles. The molecule has 8 heteroatoms. The Kier molecular flexibility index (Phi) is 5.41. The number of benzene rings is 1. The predicted molar refractivity (Wildman–Crippen MR) is 83.8 cm³/mol. The van der Waals surface area contributed by atoms with E-state index < -0.39 is 21.7 Å². The molecule has 1 fully saturated rings. The zero-order valence-corrected chi connectivity index (χ0v) is 13.8. The quantitative estimate of drug-likeness (QED) is 0.889. The maximum atomic E-state index is 13.1. The smallest absolute Gasteiger partial charge is 0.239 e. The van der Waals surface area contributed by atoms with Crippen molar-refractivity contribution in [1.29, 1.82) is 0 Å². The van der Waals surface area contributed by atoms with Crippen LogP contribution in [0.2, 0.25) is 5.02 Å². The zero-order chi connectivity index (χ0) is 16.3. The van der Waals surface area contributed by atoms with Crippen LogP contribution in [-0.2, 0) is 14.8 Å². The van der Waals surface area contributed by atoms with Crippen molar-refractivity contribution in [1.82, 2.24) is 4.31 Å². The Bertz CT molecular complexity index is 660. The summed E-state index contributed by atoms with van der Waals surface area (Å²) in [6.45, 7) is -0.251. The van der Waals surface area contributed by atoms with Crippen LogP contribution in [0, 0.1) is 5.82 Å². The Balaban J connectivity index is 2.06. The highest BCUT2D eigenvalue weighted by atomic mass is 35.5. The molecule has 2 rings (SSSR count). The van der Waals surface area contributed by atoms with Crippen LogP contribution in [0.15, 0.2) is 18.2 Å². The van der Waals surface area contributed by atoms with Gasteiger partial charge in [0, 0.05) is 11.7 Å². The second-order valence-electron chi connectivity index (χ2n) is 5.42. The fourth-order valence-corrected chi connectivity index (χ4v) is 3.91. The topological polar surface area (TPSA) is 66.5 Å². The minimum absolute atomic E-state index is 0.103. The van der Waals surface area contributed by atoms with Crippen LogP contribution in [0.3, 0.4) is 0 Å². The van der Waals surface area contributed by atoms with Gasteiger partial charge in [0.15, 0.2) is 0 Å². The fourth-order valence-electron chi connectivity index (χ4n) is 2.63. The molecular formula is C14H18ClFN2O3S. The fraction of sp³-hybridized carbons (Fsp3) is 0.500. The zero-order valence-electron chi connectivity index (χ0n) is 12.2. The maximum absolute atomic E-state index is 13.1. The molecule has 1 N–H and O–H groups in total. The summed E-state index contributed by atoms with van der Waals surface area (Å²) in [6, 6.07) is 3.68. The van der Waals surface area contributed by atoms with Gasteiger partial charge in [-0.15, -0.1) is 0 Å². The summed E-state index contributed by atoms with van der Waals surface area (Å²) in [4.78, 5) is 12.1. The lowest BCUT2D eigenvalue weighted by Crippen LogP contribution is -2.43. The predicted octanol–water partition coefficient (Wildman–Crippen LogP) is 2.62. The van der Waals surface area contributed by atoms with Crippen molar-refractivity contribution in [3.63, 3.8) is 0 Å². The van der Waals surface area contributed by atoms with Crippen LogP contribution in [0.4, 0.5) is 10.1 Å². The standard InChI is InChI=1S/C14H18ClFN2O3S/c1-22(20,21)18(11-4-2-3-5-11)9-14(19)17-10-6-7-13(16)12(15)8-10/h6-8,11H,2-5,9H2,1H3,(H,17,19). The molecule has 0 aromatic heterocycles. The van der Waals surface area contributed by atoms with E-state index in [-0.39, 0.29) is 17.6 Å². The molecule has 0 bridgehead atoms. The van der Waals surface area contributed by atoms with Crippen LogP contribution in [0.5, 0.6) is 0 Å². The third kappa shape index (κ3) is 4.41. The lowest BCUT2D eigenvalue weighted by molar-refractivity contribution is -0.116. The molecule has 1 aliphatic rings. The summed E-state index contributed by atoms with van der Waals surface area (Å²) in [5.41, 5.74) is 0.330. The Labute approximate surface area is 134 Å². The molecule has 0 atom stereocenters. The highest BCUT2D eigenvalue weighted by molar-refractivity contribution is 7.88. The highest BCUT2D eigenvalue weighted by Gasteiger charge is 2.30. The third-order valence-corrected chi connectivity index (χ3v) is 5.23. The number of sulfonamides is 1. The number of halogens is 2. The van der Waals surface area contributed by atoms with Gasteiger partial charge in [0.2, 0.25) is 15.9 Å². The molecule has 1 saturated carbocycles. The molecule has 1 aromatic rings. The molecule has 0 unspecified atom stereocenters. The second-order valence-corrected chi connectivity index (χ2v) is 7.77. The van der Waals surface area contributed by atoms with Gasteiger partial charge in [0.05, 0.1) is 17.8 Å². The van der Waals surface area contributed by atoms with Gasteiger partial charge in [-0.1, -0.05) is 24.4 Å². The van der Waals surface area contributed by atoms with Crippen molar-refractivity contribution in [3.05, 3.63) is 29.0 Å². The van der Waals surface area contributed by atoms with Gasteiger partial charge in [-0.05, 0) is 31.0 Å². The van der Waals surface area contributed by atoms with Crippen LogP contribution >= 0.6 is 11.6 Å². The van der Waals surface area contributed by atoms with E-state index in [2.05, 4.69) is 5.32 Å². The van der Waals surface area contributed by atoms with Crippen LogP contribution < -0.4 is 5.32 Å². The molecular weight excluding hydrogens is 331 g/mol. The van der Waals surface area contributed by atoms with E-state index in [1.807, 2.05) is 0 Å². The summed E-state index contributed by atoms with van der Waals surface area (Å²) in [7, 11) is -3.46. The minimum Gasteiger partial charge on any atom is -0.325 e. The number of nitrogens with one attached hydrogen (secondary N) is 1. The van der Waals surface area contributed by atoms with Crippen LogP contribution in [-0.4, -0.2) is 37.5 Å². The van der Waals surface area contributed by atoms with Crippen molar-refractivity contribution in [2.45, 2.75) is 31.7 Å². The molecule has 0 heterocycles. The molecule has 0 aliphatic heterocycles. The van der Waals surface area contributed by atoms with E-state index in [1.54, 1.807) is 0 Å². The van der Waals surface area contributed by atoms with Crippen LogP contribution in [0.1, 0.15) is 25.7 Å². The van der Waals surface area contributed by atoms with E-state index in [9.17, 15) is 17.6 Å². The van der Waals surface area contributed by atoms with Gasteiger partial charge in [-0.2, -0.15) is 4.31 Å². The number of rotatable bonds is 5. The van der Waals surface area contributed by atoms with Crippen molar-refractivity contribution < 1.29 is 17.6 Å². The van der Waals surface area contributed by atoms with E-state index >= 15 is 0 Å². The van der Waals surface area contributed by atoms with Crippen molar-refractivity contribution in [2.75, 3.05) is 18.1 Å². The van der Waals surface area contributed by atoms with Gasteiger partial charge in [-0.25, -0.2) is 12.8 Å². The van der Waals surface area contributed by atoms with E-state index in [1.165, 1.54) is 16.4 Å². The monoisotopic (exact) mass is 348 g/mol. The average molecular weight is 349 g/mol. The molecule has 1 aliphatic carbocycles. The summed E-state index contributed by atoms with van der Waals surface area (Å²) >= 11 is 5.65. The molecule has 5 nitrogen and oxygen atoms in total. The number of amides is 1. The Morgan fingerprint density at radius 1 is 1.41 bits per heavy atom. The first-order chi connectivity index (χ1) is 10.3. The largest absolute Gasteiger partial charge is 0.325 e. The molecule has 0 radical (unpaired) electrons. The van der Waals surface area contributed by atoms with Gasteiger partial charge in [0.1, 0.15) is 5.82 Å². The lowest BCUT2D eigenvalue weighted by Gasteiger charge is -2.25. The molecule has 22 heavy (non-hydrogen) atoms. The first-order valence-electron chi connectivity index (χ1n) is 6.99. The molecule has 1 amide bonds. The SMILES string of the molecule is CS(=O)(=O)N(CC(=O)Nc1ccc(F)c(Cl)c1)C1CCCC1.